The fraction of sp³-hybridized carbons (Fsp3) is 0.647. The van der Waals surface area contributed by atoms with Crippen molar-refractivity contribution in [2.45, 2.75) is 32.6 Å². The number of hydrogen-bond donors (Lipinski definition) is 1. The quantitative estimate of drug-likeness (QED) is 0.917. The molecule has 0 aliphatic carbocycles. The molecule has 1 aromatic rings. The lowest BCUT2D eigenvalue weighted by Gasteiger charge is -2.48. The molecule has 2 aliphatic heterocycles. The van der Waals surface area contributed by atoms with Crippen LogP contribution in [0.2, 0.25) is 0 Å². The summed E-state index contributed by atoms with van der Waals surface area (Å²) in [6.45, 7) is 4.59. The van der Waals surface area contributed by atoms with Gasteiger partial charge in [0.25, 0.3) is 5.91 Å². The van der Waals surface area contributed by atoms with Crippen LogP contribution in [-0.4, -0.2) is 59.5 Å². The number of carbonyl (C=O) groups is 2. The molecule has 0 unspecified atom stereocenters. The Hall–Kier alpha value is -1.40. The van der Waals surface area contributed by atoms with Gasteiger partial charge in [0.15, 0.2) is 0 Å². The highest BCUT2D eigenvalue weighted by Gasteiger charge is 2.42. The van der Waals surface area contributed by atoms with E-state index in [2.05, 4.69) is 0 Å². The van der Waals surface area contributed by atoms with Crippen LogP contribution in [0.4, 0.5) is 0 Å². The number of nitrogens with zero attached hydrogens (tertiary/aromatic N) is 2. The van der Waals surface area contributed by atoms with E-state index >= 15 is 0 Å². The highest BCUT2D eigenvalue weighted by Crippen LogP contribution is 2.39. The molecule has 1 aromatic heterocycles. The van der Waals surface area contributed by atoms with Crippen LogP contribution in [-0.2, 0) is 4.79 Å². The molecule has 5 nitrogen and oxygen atoms in total. The van der Waals surface area contributed by atoms with Crippen molar-refractivity contribution in [1.82, 2.24) is 9.80 Å². The Bertz CT molecular complexity index is 600. The Kier molecular flexibility index (Phi) is 4.73. The number of likely N-dealkylation sites (tertiary alicyclic amines) is 2. The van der Waals surface area contributed by atoms with Gasteiger partial charge in [-0.15, -0.1) is 11.3 Å². The molecule has 2 saturated heterocycles. The molecule has 2 fully saturated rings. The lowest BCUT2D eigenvalue weighted by molar-refractivity contribution is -0.139. The van der Waals surface area contributed by atoms with Crippen LogP contribution in [0.25, 0.3) is 0 Å². The topological polar surface area (TPSA) is 60.9 Å². The summed E-state index contributed by atoms with van der Waals surface area (Å²) in [7, 11) is 0. The zero-order chi connectivity index (χ0) is 16.4. The van der Waals surface area contributed by atoms with Crippen molar-refractivity contribution in [3.63, 3.8) is 0 Å². The average molecular weight is 336 g/mol. The third-order valence-electron chi connectivity index (χ3n) is 5.04. The third kappa shape index (κ3) is 3.43. The van der Waals surface area contributed by atoms with Gasteiger partial charge in [0.05, 0.1) is 12.2 Å². The molecule has 0 saturated carbocycles. The number of rotatable bonds is 3. The van der Waals surface area contributed by atoms with Crippen molar-refractivity contribution in [2.24, 2.45) is 5.41 Å². The van der Waals surface area contributed by atoms with E-state index in [9.17, 15) is 9.59 Å². The van der Waals surface area contributed by atoms with Crippen molar-refractivity contribution in [3.05, 3.63) is 21.9 Å². The fourth-order valence-corrected chi connectivity index (χ4v) is 4.56. The van der Waals surface area contributed by atoms with E-state index in [-0.39, 0.29) is 23.8 Å². The molecule has 0 bridgehead atoms. The molecule has 2 aliphatic rings. The number of aryl methyl sites for hydroxylation is 1. The van der Waals surface area contributed by atoms with E-state index in [1.807, 2.05) is 23.3 Å². The summed E-state index contributed by atoms with van der Waals surface area (Å²) in [5.74, 6) is 0.237. The van der Waals surface area contributed by atoms with Gasteiger partial charge in [-0.05, 0) is 32.3 Å². The largest absolute Gasteiger partial charge is 0.395 e. The standard InChI is InChI=1S/C17H24N2O3S/c1-13-9-14(10-23-13)16(22)19-6-2-4-17(12-19)5-3-15(21)18(11-17)7-8-20/h9-10,20H,2-8,11-12H2,1H3/t17-/m1/s1. The highest BCUT2D eigenvalue weighted by atomic mass is 32.1. The first-order valence-corrected chi connectivity index (χ1v) is 9.14. The molecular weight excluding hydrogens is 312 g/mol. The first-order valence-electron chi connectivity index (χ1n) is 8.26. The number of carbonyl (C=O) groups excluding carboxylic acids is 2. The number of aliphatic hydroxyl groups is 1. The molecule has 1 N–H and O–H groups in total. The molecular formula is C17H24N2O3S. The molecule has 0 radical (unpaired) electrons. The van der Waals surface area contributed by atoms with Crippen LogP contribution in [0.1, 0.15) is 40.9 Å². The van der Waals surface area contributed by atoms with Crippen molar-refractivity contribution in [3.8, 4) is 0 Å². The lowest BCUT2D eigenvalue weighted by atomic mass is 9.73. The van der Waals surface area contributed by atoms with Gasteiger partial charge in [-0.3, -0.25) is 9.59 Å². The summed E-state index contributed by atoms with van der Waals surface area (Å²) in [6.07, 6.45) is 3.41. The molecule has 0 aromatic carbocycles. The minimum Gasteiger partial charge on any atom is -0.395 e. The summed E-state index contributed by atoms with van der Waals surface area (Å²) in [5.41, 5.74) is 0.783. The summed E-state index contributed by atoms with van der Waals surface area (Å²) in [5, 5.41) is 11.1. The lowest BCUT2D eigenvalue weighted by Crippen LogP contribution is -2.55. The summed E-state index contributed by atoms with van der Waals surface area (Å²) >= 11 is 1.60. The minimum absolute atomic E-state index is 0.00134. The SMILES string of the molecule is Cc1cc(C(=O)N2CCC[C@]3(CCC(=O)N(CCO)C3)C2)cs1. The Labute approximate surface area is 140 Å². The Morgan fingerprint density at radius 3 is 2.91 bits per heavy atom. The van der Waals surface area contributed by atoms with Gasteiger partial charge in [-0.1, -0.05) is 0 Å². The van der Waals surface area contributed by atoms with Crippen LogP contribution in [0.3, 0.4) is 0 Å². The van der Waals surface area contributed by atoms with Crippen LogP contribution < -0.4 is 0 Å². The number of amides is 2. The molecule has 1 spiro atoms. The van der Waals surface area contributed by atoms with Gasteiger partial charge in [-0.25, -0.2) is 0 Å². The van der Waals surface area contributed by atoms with E-state index in [1.54, 1.807) is 16.2 Å². The monoisotopic (exact) mass is 336 g/mol. The molecule has 6 heteroatoms. The predicted octanol–water partition coefficient (Wildman–Crippen LogP) is 1.89. The summed E-state index contributed by atoms with van der Waals surface area (Å²) < 4.78 is 0. The summed E-state index contributed by atoms with van der Waals surface area (Å²) in [4.78, 5) is 29.6. The number of hydrogen-bond acceptors (Lipinski definition) is 4. The number of aliphatic hydroxyl groups excluding tert-OH is 1. The normalized spacial score (nSPS) is 25.2. The van der Waals surface area contributed by atoms with Crippen LogP contribution in [0.5, 0.6) is 0 Å². The minimum atomic E-state index is -0.00134. The van der Waals surface area contributed by atoms with Crippen molar-refractivity contribution in [2.75, 3.05) is 32.8 Å². The Morgan fingerprint density at radius 1 is 1.39 bits per heavy atom. The Morgan fingerprint density at radius 2 is 2.22 bits per heavy atom. The van der Waals surface area contributed by atoms with Gasteiger partial charge in [0.1, 0.15) is 0 Å². The van der Waals surface area contributed by atoms with Crippen molar-refractivity contribution >= 4 is 23.2 Å². The van der Waals surface area contributed by atoms with Gasteiger partial charge in [0, 0.05) is 48.3 Å². The zero-order valence-electron chi connectivity index (χ0n) is 13.6. The van der Waals surface area contributed by atoms with Gasteiger partial charge < -0.3 is 14.9 Å². The molecule has 1 atom stereocenters. The maximum atomic E-state index is 12.7. The van der Waals surface area contributed by atoms with E-state index in [0.717, 1.165) is 42.8 Å². The number of piperidine rings is 2. The van der Waals surface area contributed by atoms with E-state index in [0.29, 0.717) is 19.5 Å². The predicted molar refractivity (Wildman–Crippen MR) is 89.5 cm³/mol. The maximum Gasteiger partial charge on any atom is 0.254 e. The highest BCUT2D eigenvalue weighted by molar-refractivity contribution is 7.10. The third-order valence-corrected chi connectivity index (χ3v) is 5.91. The van der Waals surface area contributed by atoms with Crippen molar-refractivity contribution < 1.29 is 14.7 Å². The first kappa shape index (κ1) is 16.5. The van der Waals surface area contributed by atoms with Crippen molar-refractivity contribution in [1.29, 1.82) is 0 Å². The van der Waals surface area contributed by atoms with Gasteiger partial charge in [-0.2, -0.15) is 0 Å². The van der Waals surface area contributed by atoms with Crippen LogP contribution in [0.15, 0.2) is 11.4 Å². The van der Waals surface area contributed by atoms with Crippen LogP contribution >= 0.6 is 11.3 Å². The second-order valence-electron chi connectivity index (χ2n) is 6.82. The first-order chi connectivity index (χ1) is 11.0. The second-order valence-corrected chi connectivity index (χ2v) is 7.93. The van der Waals surface area contributed by atoms with E-state index < -0.39 is 0 Å². The zero-order valence-corrected chi connectivity index (χ0v) is 14.4. The molecule has 2 amide bonds. The Balaban J connectivity index is 1.72. The van der Waals surface area contributed by atoms with E-state index in [1.165, 1.54) is 0 Å². The molecule has 23 heavy (non-hydrogen) atoms. The molecule has 3 heterocycles. The number of β-amino-alcohol motifs (C(OH)–C–C–N with tert-alkyl or cyclic N) is 1. The smallest absolute Gasteiger partial charge is 0.254 e. The average Bonchev–Trinajstić information content (AvgIpc) is 2.97. The van der Waals surface area contributed by atoms with Gasteiger partial charge >= 0.3 is 0 Å². The van der Waals surface area contributed by atoms with E-state index in [4.69, 9.17) is 5.11 Å². The van der Waals surface area contributed by atoms with Crippen LogP contribution in [0, 0.1) is 12.3 Å². The number of thiophene rings is 1. The summed E-state index contributed by atoms with van der Waals surface area (Å²) in [6, 6.07) is 1.96. The van der Waals surface area contributed by atoms with Gasteiger partial charge in [0.2, 0.25) is 5.91 Å². The molecule has 3 rings (SSSR count). The fourth-order valence-electron chi connectivity index (χ4n) is 3.88. The second kappa shape index (κ2) is 6.61. The maximum absolute atomic E-state index is 12.7. The molecule has 126 valence electrons.